The lowest BCUT2D eigenvalue weighted by Gasteiger charge is -2.40. The molecule has 1 aliphatic heterocycles. The first-order valence-electron chi connectivity index (χ1n) is 7.33. The van der Waals surface area contributed by atoms with Gasteiger partial charge in [-0.25, -0.2) is 0 Å². The fraction of sp³-hybridized carbons (Fsp3) is 1.00. The molecule has 2 nitrogen and oxygen atoms in total. The number of rotatable bonds is 8. The highest BCUT2D eigenvalue weighted by Crippen LogP contribution is 2.21. The summed E-state index contributed by atoms with van der Waals surface area (Å²) in [6, 6.07) is 0. The molecule has 1 heterocycles. The highest BCUT2D eigenvalue weighted by molar-refractivity contribution is 4.88. The molecule has 0 aliphatic carbocycles. The maximum absolute atomic E-state index is 3.74. The summed E-state index contributed by atoms with van der Waals surface area (Å²) in [6.45, 7) is 6.97. The zero-order valence-electron chi connectivity index (χ0n) is 11.3. The van der Waals surface area contributed by atoms with E-state index >= 15 is 0 Å². The molecule has 0 atom stereocenters. The standard InChI is InChI=1S/C14H30N2/c1-3-5-7-10-14(11-8-6-4-2)15-12-9-13-16-14/h15-16H,3-13H2,1-2H3. The fourth-order valence-electron chi connectivity index (χ4n) is 2.64. The molecule has 0 amide bonds. The molecule has 0 aromatic rings. The van der Waals surface area contributed by atoms with Crippen molar-refractivity contribution in [3.63, 3.8) is 0 Å². The quantitative estimate of drug-likeness (QED) is 0.620. The van der Waals surface area contributed by atoms with Crippen LogP contribution in [0.15, 0.2) is 0 Å². The molecule has 1 saturated heterocycles. The highest BCUT2D eigenvalue weighted by Gasteiger charge is 2.29. The van der Waals surface area contributed by atoms with Crippen LogP contribution < -0.4 is 10.6 Å². The van der Waals surface area contributed by atoms with Gasteiger partial charge in [0.15, 0.2) is 0 Å². The maximum atomic E-state index is 3.74. The molecule has 0 aromatic heterocycles. The topological polar surface area (TPSA) is 24.1 Å². The largest absolute Gasteiger partial charge is 0.299 e. The second-order valence-corrected chi connectivity index (χ2v) is 5.20. The zero-order chi connectivity index (χ0) is 11.7. The van der Waals surface area contributed by atoms with E-state index in [1.54, 1.807) is 0 Å². The van der Waals surface area contributed by atoms with Crippen molar-refractivity contribution in [2.75, 3.05) is 13.1 Å². The molecule has 0 bridgehead atoms. The van der Waals surface area contributed by atoms with Gasteiger partial charge in [0.05, 0.1) is 5.66 Å². The second-order valence-electron chi connectivity index (χ2n) is 5.20. The van der Waals surface area contributed by atoms with Gasteiger partial charge in [-0.05, 0) is 32.4 Å². The van der Waals surface area contributed by atoms with E-state index < -0.39 is 0 Å². The van der Waals surface area contributed by atoms with Gasteiger partial charge >= 0.3 is 0 Å². The third kappa shape index (κ3) is 4.84. The molecular weight excluding hydrogens is 196 g/mol. The van der Waals surface area contributed by atoms with E-state index in [1.165, 1.54) is 70.9 Å². The van der Waals surface area contributed by atoms with Crippen molar-refractivity contribution in [1.29, 1.82) is 0 Å². The van der Waals surface area contributed by atoms with E-state index in [9.17, 15) is 0 Å². The average Bonchev–Trinajstić information content (AvgIpc) is 2.31. The molecule has 1 fully saturated rings. The van der Waals surface area contributed by atoms with Crippen molar-refractivity contribution in [1.82, 2.24) is 10.6 Å². The Morgan fingerprint density at radius 1 is 0.812 bits per heavy atom. The van der Waals surface area contributed by atoms with Crippen molar-refractivity contribution in [3.8, 4) is 0 Å². The van der Waals surface area contributed by atoms with Crippen molar-refractivity contribution in [3.05, 3.63) is 0 Å². The van der Waals surface area contributed by atoms with Gasteiger partial charge < -0.3 is 0 Å². The summed E-state index contributed by atoms with van der Waals surface area (Å²) in [4.78, 5) is 0. The molecule has 0 unspecified atom stereocenters. The minimum atomic E-state index is 0.280. The Bertz CT molecular complexity index is 150. The zero-order valence-corrected chi connectivity index (χ0v) is 11.3. The van der Waals surface area contributed by atoms with Crippen LogP contribution in [0.2, 0.25) is 0 Å². The number of unbranched alkanes of at least 4 members (excludes halogenated alkanes) is 4. The first-order chi connectivity index (χ1) is 7.83. The molecule has 0 saturated carbocycles. The minimum absolute atomic E-state index is 0.280. The summed E-state index contributed by atoms with van der Waals surface area (Å²) in [5.41, 5.74) is 0.280. The summed E-state index contributed by atoms with van der Waals surface area (Å²) >= 11 is 0. The van der Waals surface area contributed by atoms with E-state index in [2.05, 4.69) is 24.5 Å². The second kappa shape index (κ2) is 8.08. The Balaban J connectivity index is 2.33. The molecule has 96 valence electrons. The third-order valence-corrected chi connectivity index (χ3v) is 3.69. The lowest BCUT2D eigenvalue weighted by molar-refractivity contribution is 0.179. The van der Waals surface area contributed by atoms with E-state index in [1.807, 2.05) is 0 Å². The normalized spacial score (nSPS) is 19.9. The number of hydrogen-bond donors (Lipinski definition) is 2. The SMILES string of the molecule is CCCCCC1(CCCCC)NCCCN1. The third-order valence-electron chi connectivity index (χ3n) is 3.69. The Labute approximate surface area is 102 Å². The lowest BCUT2D eigenvalue weighted by atomic mass is 9.93. The Morgan fingerprint density at radius 3 is 1.75 bits per heavy atom. The molecule has 2 heteroatoms. The van der Waals surface area contributed by atoms with Gasteiger partial charge in [0, 0.05) is 0 Å². The van der Waals surface area contributed by atoms with Gasteiger partial charge in [-0.1, -0.05) is 52.4 Å². The average molecular weight is 226 g/mol. The number of nitrogens with one attached hydrogen (secondary N) is 2. The number of hydrogen-bond acceptors (Lipinski definition) is 2. The van der Waals surface area contributed by atoms with Gasteiger partial charge in [0.2, 0.25) is 0 Å². The first-order valence-corrected chi connectivity index (χ1v) is 7.33. The minimum Gasteiger partial charge on any atom is -0.299 e. The van der Waals surface area contributed by atoms with Gasteiger partial charge in [0.25, 0.3) is 0 Å². The predicted octanol–water partition coefficient (Wildman–Crippen LogP) is 3.43. The van der Waals surface area contributed by atoms with Crippen LogP contribution in [-0.2, 0) is 0 Å². The van der Waals surface area contributed by atoms with Gasteiger partial charge in [-0.3, -0.25) is 10.6 Å². The van der Waals surface area contributed by atoms with Crippen molar-refractivity contribution < 1.29 is 0 Å². The smallest absolute Gasteiger partial charge is 0.0687 e. The first kappa shape index (κ1) is 14.0. The Hall–Kier alpha value is -0.0800. The molecule has 1 rings (SSSR count). The maximum Gasteiger partial charge on any atom is 0.0687 e. The molecule has 2 N–H and O–H groups in total. The van der Waals surface area contributed by atoms with Crippen LogP contribution in [0.4, 0.5) is 0 Å². The monoisotopic (exact) mass is 226 g/mol. The highest BCUT2D eigenvalue weighted by atomic mass is 15.2. The van der Waals surface area contributed by atoms with E-state index in [0.29, 0.717) is 0 Å². The van der Waals surface area contributed by atoms with Crippen molar-refractivity contribution >= 4 is 0 Å². The van der Waals surface area contributed by atoms with Crippen LogP contribution in [-0.4, -0.2) is 18.8 Å². The van der Waals surface area contributed by atoms with Gasteiger partial charge in [0.1, 0.15) is 0 Å². The summed E-state index contributed by atoms with van der Waals surface area (Å²) in [7, 11) is 0. The van der Waals surface area contributed by atoms with Crippen LogP contribution >= 0.6 is 0 Å². The van der Waals surface area contributed by atoms with Crippen molar-refractivity contribution in [2.24, 2.45) is 0 Å². The molecule has 16 heavy (non-hydrogen) atoms. The van der Waals surface area contributed by atoms with E-state index in [-0.39, 0.29) is 5.66 Å². The van der Waals surface area contributed by atoms with E-state index in [4.69, 9.17) is 0 Å². The van der Waals surface area contributed by atoms with Crippen LogP contribution in [0.3, 0.4) is 0 Å². The van der Waals surface area contributed by atoms with Crippen LogP contribution in [0.5, 0.6) is 0 Å². The van der Waals surface area contributed by atoms with Crippen LogP contribution in [0.1, 0.15) is 71.6 Å². The Kier molecular flexibility index (Phi) is 7.06. The van der Waals surface area contributed by atoms with E-state index in [0.717, 1.165) is 0 Å². The molecule has 0 radical (unpaired) electrons. The molecule has 1 aliphatic rings. The van der Waals surface area contributed by atoms with Crippen LogP contribution in [0.25, 0.3) is 0 Å². The Morgan fingerprint density at radius 2 is 1.31 bits per heavy atom. The molecule has 0 aromatic carbocycles. The predicted molar refractivity (Wildman–Crippen MR) is 71.6 cm³/mol. The summed E-state index contributed by atoms with van der Waals surface area (Å²) < 4.78 is 0. The summed E-state index contributed by atoms with van der Waals surface area (Å²) in [5, 5.41) is 7.48. The summed E-state index contributed by atoms with van der Waals surface area (Å²) in [5.74, 6) is 0. The lowest BCUT2D eigenvalue weighted by Crippen LogP contribution is -2.60. The van der Waals surface area contributed by atoms with Crippen LogP contribution in [0, 0.1) is 0 Å². The van der Waals surface area contributed by atoms with Crippen molar-refractivity contribution in [2.45, 2.75) is 77.3 Å². The fourth-order valence-corrected chi connectivity index (χ4v) is 2.64. The van der Waals surface area contributed by atoms with Gasteiger partial charge in [-0.2, -0.15) is 0 Å². The molecule has 0 spiro atoms. The summed E-state index contributed by atoms with van der Waals surface area (Å²) in [6.07, 6.45) is 12.0. The van der Waals surface area contributed by atoms with Gasteiger partial charge in [-0.15, -0.1) is 0 Å². The molecular formula is C14H30N2.